The summed E-state index contributed by atoms with van der Waals surface area (Å²) in [6.45, 7) is 3.81. The number of benzene rings is 3. The zero-order chi connectivity index (χ0) is 23.9. The van der Waals surface area contributed by atoms with Gasteiger partial charge in [0, 0.05) is 17.1 Å². The maximum absolute atomic E-state index is 13.2. The van der Waals surface area contributed by atoms with Gasteiger partial charge in [-0.05, 0) is 43.2 Å². The van der Waals surface area contributed by atoms with E-state index < -0.39 is 6.04 Å². The molecule has 1 heterocycles. The van der Waals surface area contributed by atoms with Gasteiger partial charge in [-0.3, -0.25) is 9.59 Å². The second kappa shape index (κ2) is 10.9. The van der Waals surface area contributed by atoms with E-state index in [9.17, 15) is 9.59 Å². The highest BCUT2D eigenvalue weighted by atomic mass is 32.2. The minimum Gasteiger partial charge on any atom is -0.338 e. The van der Waals surface area contributed by atoms with E-state index in [-0.39, 0.29) is 17.6 Å². The number of allylic oxidation sites excluding steroid dienone is 1. The lowest BCUT2D eigenvalue weighted by Gasteiger charge is -2.26. The first-order chi connectivity index (χ1) is 16.5. The molecule has 0 fully saturated rings. The highest BCUT2D eigenvalue weighted by Gasteiger charge is 2.29. The van der Waals surface area contributed by atoms with Crippen molar-refractivity contribution in [1.29, 1.82) is 0 Å². The normalized spacial score (nSPS) is 15.2. The van der Waals surface area contributed by atoms with Crippen molar-refractivity contribution in [2.45, 2.75) is 19.9 Å². The Kier molecular flexibility index (Phi) is 7.44. The summed E-state index contributed by atoms with van der Waals surface area (Å²) in [4.78, 5) is 30.6. The highest BCUT2D eigenvalue weighted by molar-refractivity contribution is 8.14. The van der Waals surface area contributed by atoms with E-state index in [0.29, 0.717) is 16.4 Å². The minimum absolute atomic E-state index is 0.116. The predicted octanol–water partition coefficient (Wildman–Crippen LogP) is 5.28. The summed E-state index contributed by atoms with van der Waals surface area (Å²) in [6, 6.07) is 26.2. The number of aryl methyl sites for hydroxylation is 1. The third-order valence-corrected chi connectivity index (χ3v) is 6.26. The first kappa shape index (κ1) is 23.3. The van der Waals surface area contributed by atoms with Crippen LogP contribution in [0.1, 0.15) is 24.1 Å². The van der Waals surface area contributed by atoms with Crippen molar-refractivity contribution < 1.29 is 9.59 Å². The van der Waals surface area contributed by atoms with Crippen molar-refractivity contribution in [2.75, 3.05) is 16.4 Å². The highest BCUT2D eigenvalue weighted by Crippen LogP contribution is 2.33. The van der Waals surface area contributed by atoms with Crippen LogP contribution in [0.4, 0.5) is 11.4 Å². The quantitative estimate of drug-likeness (QED) is 0.458. The average molecular weight is 471 g/mol. The van der Waals surface area contributed by atoms with Crippen LogP contribution in [0.3, 0.4) is 0 Å². The Morgan fingerprint density at radius 1 is 0.882 bits per heavy atom. The molecular formula is C27H26N4O2S. The number of amidine groups is 1. The average Bonchev–Trinajstić information content (AvgIpc) is 2.85. The lowest BCUT2D eigenvalue weighted by Crippen LogP contribution is -2.32. The van der Waals surface area contributed by atoms with Crippen molar-refractivity contribution >= 4 is 40.1 Å². The van der Waals surface area contributed by atoms with Gasteiger partial charge in [0.25, 0.3) is 5.91 Å². The number of para-hydroxylation sites is 2. The van der Waals surface area contributed by atoms with E-state index in [4.69, 9.17) is 4.99 Å². The number of nitrogens with one attached hydrogen (secondary N) is 3. The molecule has 1 aliphatic heterocycles. The molecule has 0 radical (unpaired) electrons. The molecule has 3 aromatic rings. The van der Waals surface area contributed by atoms with Gasteiger partial charge >= 0.3 is 0 Å². The third-order valence-electron chi connectivity index (χ3n) is 5.37. The topological polar surface area (TPSA) is 82.6 Å². The first-order valence-electron chi connectivity index (χ1n) is 11.0. The standard InChI is InChI=1S/C27H26N4O2S/c1-18-11-9-10-16-22(18)30-23(32)17-34-27-28-19(2)24(25(31-27)20-12-5-3-6-13-20)26(33)29-21-14-7-4-8-15-21/h3-16,25H,17H2,1-2H3,(H,28,31)(H,29,33)(H,30,32)/t25-/m0/s1. The number of nitrogens with zero attached hydrogens (tertiary/aromatic N) is 1. The Morgan fingerprint density at radius 2 is 1.53 bits per heavy atom. The molecule has 0 unspecified atom stereocenters. The number of hydrogen-bond acceptors (Lipinski definition) is 5. The van der Waals surface area contributed by atoms with Crippen molar-refractivity contribution in [2.24, 2.45) is 4.99 Å². The summed E-state index contributed by atoms with van der Waals surface area (Å²) in [5.74, 6) is -0.134. The molecule has 0 aliphatic carbocycles. The monoisotopic (exact) mass is 470 g/mol. The molecule has 3 N–H and O–H groups in total. The fourth-order valence-electron chi connectivity index (χ4n) is 3.64. The lowest BCUT2D eigenvalue weighted by atomic mass is 9.96. The van der Waals surface area contributed by atoms with Gasteiger partial charge in [-0.15, -0.1) is 0 Å². The molecule has 3 aromatic carbocycles. The van der Waals surface area contributed by atoms with Gasteiger partial charge in [0.05, 0.1) is 11.3 Å². The molecule has 6 nitrogen and oxygen atoms in total. The van der Waals surface area contributed by atoms with Crippen molar-refractivity contribution in [3.63, 3.8) is 0 Å². The lowest BCUT2D eigenvalue weighted by molar-refractivity contribution is -0.114. The number of hydrogen-bond donors (Lipinski definition) is 3. The molecular weight excluding hydrogens is 444 g/mol. The molecule has 0 spiro atoms. The molecule has 0 saturated heterocycles. The molecule has 0 saturated carbocycles. The number of carbonyl (C=O) groups excluding carboxylic acids is 2. The van der Waals surface area contributed by atoms with E-state index in [2.05, 4.69) is 16.0 Å². The SMILES string of the molecule is CC1=C(C(=O)Nc2ccccc2)[C@H](c2ccccc2)N=C(SCC(=O)Nc2ccccc2C)N1. The third kappa shape index (κ3) is 5.74. The molecule has 172 valence electrons. The summed E-state index contributed by atoms with van der Waals surface area (Å²) in [5.41, 5.74) is 4.68. The summed E-state index contributed by atoms with van der Waals surface area (Å²) >= 11 is 1.31. The molecule has 0 aromatic heterocycles. The molecule has 4 rings (SSSR count). The number of thioether (sulfide) groups is 1. The second-order valence-corrected chi connectivity index (χ2v) is 8.85. The van der Waals surface area contributed by atoms with Crippen LogP contribution in [0.25, 0.3) is 0 Å². The molecule has 0 bridgehead atoms. The number of rotatable bonds is 6. The Morgan fingerprint density at radius 3 is 2.24 bits per heavy atom. The first-order valence-corrected chi connectivity index (χ1v) is 11.9. The zero-order valence-corrected chi connectivity index (χ0v) is 19.9. The summed E-state index contributed by atoms with van der Waals surface area (Å²) < 4.78 is 0. The summed E-state index contributed by atoms with van der Waals surface area (Å²) in [5, 5.41) is 9.72. The molecule has 1 aliphatic rings. The van der Waals surface area contributed by atoms with Crippen LogP contribution in [0.2, 0.25) is 0 Å². The van der Waals surface area contributed by atoms with Gasteiger partial charge < -0.3 is 16.0 Å². The van der Waals surface area contributed by atoms with Crippen molar-refractivity contribution in [3.05, 3.63) is 107 Å². The maximum atomic E-state index is 13.2. The number of aliphatic imine (C=N–C) groups is 1. The van der Waals surface area contributed by atoms with Gasteiger partial charge in [-0.1, -0.05) is 78.5 Å². The number of amides is 2. The van der Waals surface area contributed by atoms with Crippen molar-refractivity contribution in [1.82, 2.24) is 5.32 Å². The van der Waals surface area contributed by atoms with Crippen LogP contribution in [0, 0.1) is 6.92 Å². The van der Waals surface area contributed by atoms with Crippen LogP contribution in [-0.2, 0) is 9.59 Å². The van der Waals surface area contributed by atoms with E-state index in [0.717, 1.165) is 22.5 Å². The van der Waals surface area contributed by atoms with Gasteiger partial charge in [0.1, 0.15) is 6.04 Å². The Labute approximate surface area is 203 Å². The Balaban J connectivity index is 1.51. The predicted molar refractivity (Wildman–Crippen MR) is 140 cm³/mol. The zero-order valence-electron chi connectivity index (χ0n) is 19.0. The van der Waals surface area contributed by atoms with Gasteiger partial charge in [-0.25, -0.2) is 4.99 Å². The summed E-state index contributed by atoms with van der Waals surface area (Å²) in [6.07, 6.45) is 0. The number of anilines is 2. The van der Waals surface area contributed by atoms with E-state index in [1.54, 1.807) is 0 Å². The largest absolute Gasteiger partial charge is 0.338 e. The molecule has 34 heavy (non-hydrogen) atoms. The Bertz CT molecular complexity index is 1240. The summed E-state index contributed by atoms with van der Waals surface area (Å²) in [7, 11) is 0. The fourth-order valence-corrected chi connectivity index (χ4v) is 4.39. The number of carbonyl (C=O) groups is 2. The van der Waals surface area contributed by atoms with Crippen molar-refractivity contribution in [3.8, 4) is 0 Å². The smallest absolute Gasteiger partial charge is 0.255 e. The van der Waals surface area contributed by atoms with Crippen LogP contribution >= 0.6 is 11.8 Å². The van der Waals surface area contributed by atoms with E-state index >= 15 is 0 Å². The second-order valence-electron chi connectivity index (χ2n) is 7.88. The van der Waals surface area contributed by atoms with Crippen LogP contribution in [0.15, 0.2) is 101 Å². The maximum Gasteiger partial charge on any atom is 0.255 e. The van der Waals surface area contributed by atoms with E-state index in [1.807, 2.05) is 98.8 Å². The molecule has 2 amide bonds. The fraction of sp³-hybridized carbons (Fsp3) is 0.148. The Hall–Kier alpha value is -3.84. The van der Waals surface area contributed by atoms with Gasteiger partial charge in [0.15, 0.2) is 5.17 Å². The van der Waals surface area contributed by atoms with Crippen LogP contribution in [-0.4, -0.2) is 22.7 Å². The van der Waals surface area contributed by atoms with Gasteiger partial charge in [0.2, 0.25) is 5.91 Å². The minimum atomic E-state index is -0.479. The molecule has 7 heteroatoms. The van der Waals surface area contributed by atoms with Crippen LogP contribution < -0.4 is 16.0 Å². The van der Waals surface area contributed by atoms with E-state index in [1.165, 1.54) is 11.8 Å². The van der Waals surface area contributed by atoms with Gasteiger partial charge in [-0.2, -0.15) is 0 Å². The van der Waals surface area contributed by atoms with Crippen LogP contribution in [0.5, 0.6) is 0 Å². The molecule has 1 atom stereocenters.